The Morgan fingerprint density at radius 1 is 1.03 bits per heavy atom. The van der Waals surface area contributed by atoms with Crippen LogP contribution in [0.4, 0.5) is 0 Å². The molecule has 1 amide bonds. The first-order valence-electron chi connectivity index (χ1n) is 8.84. The third-order valence-corrected chi connectivity index (χ3v) is 5.16. The number of pyridine rings is 1. The fraction of sp³-hybridized carbons (Fsp3) is 0.0455. The topological polar surface area (TPSA) is 92.4 Å². The molecule has 0 aliphatic heterocycles. The Labute approximate surface area is 181 Å². The predicted octanol–water partition coefficient (Wildman–Crippen LogP) is 5.53. The third-order valence-electron chi connectivity index (χ3n) is 4.62. The highest BCUT2D eigenvalue weighted by Gasteiger charge is 2.24. The van der Waals surface area contributed by atoms with Crippen molar-refractivity contribution in [2.45, 2.75) is 0 Å². The van der Waals surface area contributed by atoms with Gasteiger partial charge in [-0.1, -0.05) is 35.3 Å². The summed E-state index contributed by atoms with van der Waals surface area (Å²) in [6, 6.07) is 14.9. The summed E-state index contributed by atoms with van der Waals surface area (Å²) in [5.74, 6) is -1.07. The number of benzene rings is 2. The van der Waals surface area contributed by atoms with Crippen molar-refractivity contribution >= 4 is 46.2 Å². The molecular weight excluding hydrogens is 427 g/mol. The Kier molecular flexibility index (Phi) is 5.20. The van der Waals surface area contributed by atoms with E-state index < -0.39 is 5.97 Å². The summed E-state index contributed by atoms with van der Waals surface area (Å²) in [5.41, 5.74) is 2.31. The second-order valence-electron chi connectivity index (χ2n) is 6.46. The Balaban J connectivity index is 1.97. The second-order valence-corrected chi connectivity index (χ2v) is 7.25. The summed E-state index contributed by atoms with van der Waals surface area (Å²) in [5, 5.41) is 13.0. The van der Waals surface area contributed by atoms with Gasteiger partial charge in [0.1, 0.15) is 10.9 Å². The minimum atomic E-state index is -1.05. The number of carboxylic acid groups (broad SMARTS) is 1. The molecule has 0 atom stereocenters. The first kappa shape index (κ1) is 19.9. The van der Waals surface area contributed by atoms with Crippen LogP contribution >= 0.6 is 23.2 Å². The maximum atomic E-state index is 12.7. The van der Waals surface area contributed by atoms with Crippen molar-refractivity contribution in [1.29, 1.82) is 0 Å². The highest BCUT2D eigenvalue weighted by molar-refractivity contribution is 6.33. The van der Waals surface area contributed by atoms with Crippen molar-refractivity contribution < 1.29 is 19.1 Å². The molecule has 0 spiro atoms. The molecule has 0 radical (unpaired) electrons. The number of aromatic nitrogens is 1. The van der Waals surface area contributed by atoms with Gasteiger partial charge in [0.05, 0.1) is 16.5 Å². The lowest BCUT2D eigenvalue weighted by Crippen LogP contribution is -2.18. The Hall–Kier alpha value is -3.35. The number of furan rings is 1. The molecule has 2 N–H and O–H groups in total. The summed E-state index contributed by atoms with van der Waals surface area (Å²) in [6.07, 6.45) is 0. The van der Waals surface area contributed by atoms with Gasteiger partial charge in [-0.15, -0.1) is 0 Å². The van der Waals surface area contributed by atoms with Crippen LogP contribution in [0.1, 0.15) is 20.7 Å². The van der Waals surface area contributed by atoms with Crippen LogP contribution in [-0.2, 0) is 0 Å². The van der Waals surface area contributed by atoms with E-state index in [0.29, 0.717) is 38.4 Å². The Morgan fingerprint density at radius 2 is 1.77 bits per heavy atom. The van der Waals surface area contributed by atoms with E-state index in [1.165, 1.54) is 19.2 Å². The molecule has 30 heavy (non-hydrogen) atoms. The predicted molar refractivity (Wildman–Crippen MR) is 115 cm³/mol. The number of aromatic carboxylic acids is 1. The van der Waals surface area contributed by atoms with Gasteiger partial charge in [0.15, 0.2) is 0 Å². The number of halogens is 2. The van der Waals surface area contributed by atoms with Gasteiger partial charge in [-0.2, -0.15) is 0 Å². The van der Waals surface area contributed by atoms with E-state index in [1.807, 2.05) is 0 Å². The number of amides is 1. The Morgan fingerprint density at radius 3 is 2.43 bits per heavy atom. The van der Waals surface area contributed by atoms with Crippen LogP contribution in [-0.4, -0.2) is 29.0 Å². The first-order valence-corrected chi connectivity index (χ1v) is 9.59. The molecule has 0 unspecified atom stereocenters. The SMILES string of the molecule is CNC(=O)c1c(-c2ccc(Cl)cc2)oc2nc(Cl)c(-c3cccc(C(=O)O)c3)cc12. The summed E-state index contributed by atoms with van der Waals surface area (Å²) in [7, 11) is 1.52. The number of rotatable bonds is 4. The van der Waals surface area contributed by atoms with Crippen molar-refractivity contribution in [3.8, 4) is 22.5 Å². The quantitative estimate of drug-likeness (QED) is 0.407. The minimum Gasteiger partial charge on any atom is -0.478 e. The third kappa shape index (κ3) is 3.51. The van der Waals surface area contributed by atoms with Crippen LogP contribution in [0.5, 0.6) is 0 Å². The van der Waals surface area contributed by atoms with Crippen LogP contribution in [0.15, 0.2) is 59.0 Å². The molecule has 0 aliphatic carbocycles. The van der Waals surface area contributed by atoms with E-state index in [4.69, 9.17) is 27.6 Å². The molecule has 4 aromatic rings. The van der Waals surface area contributed by atoms with E-state index in [-0.39, 0.29) is 22.3 Å². The van der Waals surface area contributed by atoms with Crippen molar-refractivity contribution in [2.75, 3.05) is 7.05 Å². The molecule has 2 aromatic carbocycles. The van der Waals surface area contributed by atoms with E-state index in [2.05, 4.69) is 10.3 Å². The first-order chi connectivity index (χ1) is 14.4. The summed E-state index contributed by atoms with van der Waals surface area (Å²) in [4.78, 5) is 28.3. The van der Waals surface area contributed by atoms with Crippen LogP contribution in [0.25, 0.3) is 33.6 Å². The zero-order valence-corrected chi connectivity index (χ0v) is 17.1. The largest absolute Gasteiger partial charge is 0.478 e. The van der Waals surface area contributed by atoms with Crippen molar-refractivity contribution in [3.05, 3.63) is 75.9 Å². The fourth-order valence-corrected chi connectivity index (χ4v) is 3.55. The highest BCUT2D eigenvalue weighted by Crippen LogP contribution is 2.38. The van der Waals surface area contributed by atoms with E-state index in [1.54, 1.807) is 42.5 Å². The van der Waals surface area contributed by atoms with Gasteiger partial charge in [-0.25, -0.2) is 9.78 Å². The maximum absolute atomic E-state index is 12.7. The molecule has 8 heteroatoms. The number of carboxylic acids is 1. The lowest BCUT2D eigenvalue weighted by Gasteiger charge is -2.06. The van der Waals surface area contributed by atoms with Crippen LogP contribution < -0.4 is 5.32 Å². The van der Waals surface area contributed by atoms with Gasteiger partial charge < -0.3 is 14.8 Å². The van der Waals surface area contributed by atoms with Gasteiger partial charge in [0, 0.05) is 23.2 Å². The number of nitrogens with one attached hydrogen (secondary N) is 1. The van der Waals surface area contributed by atoms with Gasteiger partial charge >= 0.3 is 5.97 Å². The smallest absolute Gasteiger partial charge is 0.335 e. The fourth-order valence-electron chi connectivity index (χ4n) is 3.18. The molecule has 0 saturated carbocycles. The van der Waals surface area contributed by atoms with Gasteiger partial charge in [-0.3, -0.25) is 4.79 Å². The van der Waals surface area contributed by atoms with Crippen molar-refractivity contribution in [2.24, 2.45) is 0 Å². The molecule has 150 valence electrons. The maximum Gasteiger partial charge on any atom is 0.335 e. The Bertz CT molecular complexity index is 1300. The second kappa shape index (κ2) is 7.82. The number of fused-ring (bicyclic) bond motifs is 1. The standard InChI is InChI=1S/C22H14Cl2N2O4/c1-25-20(27)17-16-10-15(12-3-2-4-13(9-12)22(28)29)19(24)26-21(16)30-18(17)11-5-7-14(23)8-6-11/h2-10H,1H3,(H,25,27)(H,28,29). The zero-order chi connectivity index (χ0) is 21.4. The molecule has 0 saturated heterocycles. The van der Waals surface area contributed by atoms with Gasteiger partial charge in [-0.05, 0) is 48.0 Å². The normalized spacial score (nSPS) is 10.9. The molecule has 2 aromatic heterocycles. The van der Waals surface area contributed by atoms with E-state index in [9.17, 15) is 14.7 Å². The lowest BCUT2D eigenvalue weighted by atomic mass is 10.0. The van der Waals surface area contributed by atoms with E-state index in [0.717, 1.165) is 0 Å². The average Bonchev–Trinajstić information content (AvgIpc) is 3.11. The molecule has 2 heterocycles. The minimum absolute atomic E-state index is 0.115. The monoisotopic (exact) mass is 440 g/mol. The van der Waals surface area contributed by atoms with Crippen LogP contribution in [0.2, 0.25) is 10.2 Å². The molecule has 0 fully saturated rings. The van der Waals surface area contributed by atoms with Crippen molar-refractivity contribution in [1.82, 2.24) is 10.3 Å². The number of hydrogen-bond donors (Lipinski definition) is 2. The van der Waals surface area contributed by atoms with Crippen LogP contribution in [0.3, 0.4) is 0 Å². The summed E-state index contributed by atoms with van der Waals surface area (Å²) in [6.45, 7) is 0. The number of hydrogen-bond acceptors (Lipinski definition) is 4. The van der Waals surface area contributed by atoms with Crippen LogP contribution in [0, 0.1) is 0 Å². The summed E-state index contributed by atoms with van der Waals surface area (Å²) >= 11 is 12.3. The number of carbonyl (C=O) groups is 2. The van der Waals surface area contributed by atoms with E-state index >= 15 is 0 Å². The zero-order valence-electron chi connectivity index (χ0n) is 15.6. The highest BCUT2D eigenvalue weighted by atomic mass is 35.5. The lowest BCUT2D eigenvalue weighted by molar-refractivity contribution is 0.0696. The number of carbonyl (C=O) groups excluding carboxylic acids is 1. The molecular formula is C22H14Cl2N2O4. The van der Waals surface area contributed by atoms with Gasteiger partial charge in [0.25, 0.3) is 5.91 Å². The molecule has 6 nitrogen and oxygen atoms in total. The molecule has 0 aliphatic rings. The number of nitrogens with zero attached hydrogens (tertiary/aromatic N) is 1. The molecule has 4 rings (SSSR count). The molecule has 0 bridgehead atoms. The van der Waals surface area contributed by atoms with Crippen molar-refractivity contribution in [3.63, 3.8) is 0 Å². The average molecular weight is 441 g/mol. The summed E-state index contributed by atoms with van der Waals surface area (Å²) < 4.78 is 5.89. The van der Waals surface area contributed by atoms with Gasteiger partial charge in [0.2, 0.25) is 5.71 Å².